The van der Waals surface area contributed by atoms with Crippen LogP contribution in [0.5, 0.6) is 0 Å². The number of aryl methyl sites for hydroxylation is 1. The van der Waals surface area contributed by atoms with Gasteiger partial charge < -0.3 is 9.82 Å². The molecule has 76 valence electrons. The Morgan fingerprint density at radius 1 is 1.57 bits per heavy atom. The van der Waals surface area contributed by atoms with Crippen molar-refractivity contribution >= 4 is 0 Å². The summed E-state index contributed by atoms with van der Waals surface area (Å²) in [5, 5.41) is 0. The summed E-state index contributed by atoms with van der Waals surface area (Å²) in [4.78, 5) is 18.9. The third-order valence-electron chi connectivity index (χ3n) is 2.59. The van der Waals surface area contributed by atoms with Gasteiger partial charge in [-0.05, 0) is 24.8 Å². The van der Waals surface area contributed by atoms with Gasteiger partial charge in [-0.1, -0.05) is 6.07 Å². The fourth-order valence-corrected chi connectivity index (χ4v) is 1.97. The van der Waals surface area contributed by atoms with Gasteiger partial charge in [0.05, 0.1) is 13.2 Å². The largest absolute Gasteiger partial charge is 0.326 e. The minimum absolute atomic E-state index is 0.0261. The van der Waals surface area contributed by atoms with E-state index in [9.17, 15) is 4.79 Å². The van der Waals surface area contributed by atoms with Gasteiger partial charge in [0.1, 0.15) is 0 Å². The van der Waals surface area contributed by atoms with Crippen LogP contribution in [0, 0.1) is 0 Å². The summed E-state index contributed by atoms with van der Waals surface area (Å²) < 4.78 is 0. The van der Waals surface area contributed by atoms with E-state index in [1.54, 1.807) is 13.2 Å². The highest BCUT2D eigenvalue weighted by molar-refractivity contribution is 5.25. The first-order valence-electron chi connectivity index (χ1n) is 4.82. The van der Waals surface area contributed by atoms with Crippen LogP contribution >= 0.6 is 0 Å². The molecule has 0 saturated heterocycles. The topological polar surface area (TPSA) is 54.1 Å². The van der Waals surface area contributed by atoms with Crippen LogP contribution in [-0.4, -0.2) is 12.1 Å². The van der Waals surface area contributed by atoms with Crippen LogP contribution in [0.4, 0.5) is 0 Å². The maximum atomic E-state index is 11.1. The molecule has 1 aromatic rings. The third kappa shape index (κ3) is 1.71. The van der Waals surface area contributed by atoms with Crippen LogP contribution in [0.25, 0.3) is 0 Å². The number of hydrogen-bond donors (Lipinski definition) is 2. The zero-order chi connectivity index (χ0) is 9.97. The van der Waals surface area contributed by atoms with Crippen LogP contribution < -0.4 is 11.0 Å². The van der Waals surface area contributed by atoms with E-state index >= 15 is 0 Å². The van der Waals surface area contributed by atoms with Crippen molar-refractivity contribution in [1.29, 1.82) is 0 Å². The Hall–Kier alpha value is -1.13. The fraction of sp³-hybridized carbons (Fsp3) is 0.500. The molecule has 4 heteroatoms. The number of nitrogens with one attached hydrogen (secondary N) is 2. The van der Waals surface area contributed by atoms with Crippen molar-refractivity contribution in [3.8, 4) is 0 Å². The first kappa shape index (κ1) is 9.43. The molecule has 1 heterocycles. The van der Waals surface area contributed by atoms with Crippen LogP contribution in [-0.2, 0) is 11.3 Å². The van der Waals surface area contributed by atoms with E-state index in [2.05, 4.69) is 10.5 Å². The van der Waals surface area contributed by atoms with E-state index in [4.69, 9.17) is 4.84 Å². The quantitative estimate of drug-likeness (QED) is 0.688. The first-order valence-corrected chi connectivity index (χ1v) is 4.82. The molecule has 0 bridgehead atoms. The zero-order valence-electron chi connectivity index (χ0n) is 8.17. The molecule has 1 aliphatic rings. The molecule has 0 amide bonds. The molecule has 1 unspecified atom stereocenters. The zero-order valence-corrected chi connectivity index (χ0v) is 8.17. The summed E-state index contributed by atoms with van der Waals surface area (Å²) in [6.45, 7) is 0. The molecule has 14 heavy (non-hydrogen) atoms. The van der Waals surface area contributed by atoms with Gasteiger partial charge in [0, 0.05) is 11.8 Å². The number of aromatic nitrogens is 1. The van der Waals surface area contributed by atoms with Crippen molar-refractivity contribution in [2.24, 2.45) is 0 Å². The first-order chi connectivity index (χ1) is 6.81. The van der Waals surface area contributed by atoms with Crippen LogP contribution in [0.3, 0.4) is 0 Å². The molecule has 1 aliphatic carbocycles. The molecule has 0 aliphatic heterocycles. The van der Waals surface area contributed by atoms with Gasteiger partial charge in [-0.2, -0.15) is 5.48 Å². The maximum absolute atomic E-state index is 11.1. The van der Waals surface area contributed by atoms with Gasteiger partial charge in [-0.3, -0.25) is 4.79 Å². The number of fused-ring (bicyclic) bond motifs is 1. The second-order valence-corrected chi connectivity index (χ2v) is 3.52. The second-order valence-electron chi connectivity index (χ2n) is 3.52. The number of aromatic amines is 1. The minimum Gasteiger partial charge on any atom is -0.326 e. The number of hydrogen-bond acceptors (Lipinski definition) is 3. The number of H-pyrrole nitrogens is 1. The fourth-order valence-electron chi connectivity index (χ4n) is 1.97. The summed E-state index contributed by atoms with van der Waals surface area (Å²) in [6, 6.07) is 3.65. The highest BCUT2D eigenvalue weighted by Crippen LogP contribution is 2.26. The van der Waals surface area contributed by atoms with E-state index in [0.717, 1.165) is 30.5 Å². The summed E-state index contributed by atoms with van der Waals surface area (Å²) in [6.07, 6.45) is 3.08. The molecule has 0 spiro atoms. The van der Waals surface area contributed by atoms with Gasteiger partial charge in [0.15, 0.2) is 0 Å². The lowest BCUT2D eigenvalue weighted by atomic mass is 9.92. The highest BCUT2D eigenvalue weighted by Gasteiger charge is 2.20. The van der Waals surface area contributed by atoms with Crippen LogP contribution in [0.2, 0.25) is 0 Å². The van der Waals surface area contributed by atoms with Crippen molar-refractivity contribution in [2.45, 2.75) is 25.3 Å². The Balaban J connectivity index is 2.34. The van der Waals surface area contributed by atoms with E-state index in [1.165, 1.54) is 0 Å². The molecular formula is C10H14N2O2. The summed E-state index contributed by atoms with van der Waals surface area (Å²) in [5.41, 5.74) is 5.10. The lowest BCUT2D eigenvalue weighted by Crippen LogP contribution is -2.26. The van der Waals surface area contributed by atoms with Crippen molar-refractivity contribution in [2.75, 3.05) is 7.11 Å². The molecule has 0 aromatic carbocycles. The van der Waals surface area contributed by atoms with Crippen molar-refractivity contribution in [1.82, 2.24) is 10.5 Å². The Bertz CT molecular complexity index is 373. The van der Waals surface area contributed by atoms with E-state index in [1.807, 2.05) is 6.07 Å². The number of hydroxylamine groups is 1. The maximum Gasteiger partial charge on any atom is 0.248 e. The Labute approximate surface area is 82.2 Å². The van der Waals surface area contributed by atoms with Gasteiger partial charge in [0.2, 0.25) is 5.56 Å². The minimum atomic E-state index is -0.0261. The predicted octanol–water partition coefficient (Wildman–Crippen LogP) is 0.903. The van der Waals surface area contributed by atoms with Crippen molar-refractivity contribution in [3.63, 3.8) is 0 Å². The average Bonchev–Trinajstić information content (AvgIpc) is 2.18. The van der Waals surface area contributed by atoms with Gasteiger partial charge >= 0.3 is 0 Å². The monoisotopic (exact) mass is 194 g/mol. The third-order valence-corrected chi connectivity index (χ3v) is 2.59. The predicted molar refractivity (Wildman–Crippen MR) is 52.9 cm³/mol. The van der Waals surface area contributed by atoms with Crippen LogP contribution in [0.1, 0.15) is 30.1 Å². The standard InChI is InChI=1S/C10H14N2O2/c1-14-12-9-4-2-3-8-7(9)5-6-10(13)11-8/h5-6,9,12H,2-4H2,1H3,(H,11,13). The van der Waals surface area contributed by atoms with E-state index < -0.39 is 0 Å². The smallest absolute Gasteiger partial charge is 0.248 e. The molecule has 0 saturated carbocycles. The second kappa shape index (κ2) is 3.94. The van der Waals surface area contributed by atoms with Crippen molar-refractivity contribution in [3.05, 3.63) is 33.7 Å². The molecule has 1 atom stereocenters. The lowest BCUT2D eigenvalue weighted by Gasteiger charge is -2.24. The number of rotatable bonds is 2. The van der Waals surface area contributed by atoms with Crippen molar-refractivity contribution < 1.29 is 4.84 Å². The Kier molecular flexibility index (Phi) is 2.65. The van der Waals surface area contributed by atoms with E-state index in [-0.39, 0.29) is 11.6 Å². The molecule has 1 aromatic heterocycles. The molecular weight excluding hydrogens is 180 g/mol. The van der Waals surface area contributed by atoms with Gasteiger partial charge in [-0.15, -0.1) is 0 Å². The Morgan fingerprint density at radius 3 is 3.21 bits per heavy atom. The SMILES string of the molecule is CONC1CCCc2[nH]c(=O)ccc21. The van der Waals surface area contributed by atoms with Gasteiger partial charge in [-0.25, -0.2) is 0 Å². The lowest BCUT2D eigenvalue weighted by molar-refractivity contribution is 0.0548. The summed E-state index contributed by atoms with van der Waals surface area (Å²) in [7, 11) is 1.61. The molecule has 2 N–H and O–H groups in total. The van der Waals surface area contributed by atoms with Crippen LogP contribution in [0.15, 0.2) is 16.9 Å². The molecule has 0 radical (unpaired) electrons. The summed E-state index contributed by atoms with van der Waals surface area (Å²) in [5.74, 6) is 0. The molecule has 4 nitrogen and oxygen atoms in total. The normalized spacial score (nSPS) is 20.5. The highest BCUT2D eigenvalue weighted by atomic mass is 16.6. The Morgan fingerprint density at radius 2 is 2.43 bits per heavy atom. The van der Waals surface area contributed by atoms with E-state index in [0.29, 0.717) is 0 Å². The molecule has 2 rings (SSSR count). The van der Waals surface area contributed by atoms with Gasteiger partial charge in [0.25, 0.3) is 0 Å². The number of pyridine rings is 1. The summed E-state index contributed by atoms with van der Waals surface area (Å²) >= 11 is 0. The average molecular weight is 194 g/mol. The molecule has 0 fully saturated rings.